The first kappa shape index (κ1) is 9.25. The van der Waals surface area contributed by atoms with Crippen molar-refractivity contribution in [1.82, 2.24) is 24.8 Å². The predicted molar refractivity (Wildman–Crippen MR) is 52.3 cm³/mol. The Balaban J connectivity index is 2.31. The summed E-state index contributed by atoms with van der Waals surface area (Å²) < 4.78 is 4.01. The molecule has 0 amide bonds. The Morgan fingerprint density at radius 3 is 3.00 bits per heavy atom. The van der Waals surface area contributed by atoms with Crippen molar-refractivity contribution in [1.29, 1.82) is 0 Å². The minimum atomic E-state index is -0.129. The van der Waals surface area contributed by atoms with Gasteiger partial charge in [0, 0.05) is 18.1 Å². The van der Waals surface area contributed by atoms with Crippen LogP contribution < -0.4 is 11.3 Å². The fraction of sp³-hybridized carbons (Fsp3) is 0.286. The first-order valence-corrected chi connectivity index (χ1v) is 4.81. The summed E-state index contributed by atoms with van der Waals surface area (Å²) in [5.74, 6) is 5.46. The van der Waals surface area contributed by atoms with Gasteiger partial charge in [0.2, 0.25) is 0 Å². The van der Waals surface area contributed by atoms with E-state index in [-0.39, 0.29) is 6.04 Å². The van der Waals surface area contributed by atoms with Gasteiger partial charge in [0.1, 0.15) is 11.7 Å². The van der Waals surface area contributed by atoms with Gasteiger partial charge in [-0.2, -0.15) is 15.0 Å². The molecule has 0 saturated heterocycles. The van der Waals surface area contributed by atoms with Crippen LogP contribution >= 0.6 is 11.5 Å². The van der Waals surface area contributed by atoms with E-state index in [4.69, 9.17) is 5.84 Å². The summed E-state index contributed by atoms with van der Waals surface area (Å²) in [4.78, 5) is 2.52. The van der Waals surface area contributed by atoms with E-state index in [2.05, 4.69) is 20.0 Å². The first-order valence-electron chi connectivity index (χ1n) is 4.04. The summed E-state index contributed by atoms with van der Waals surface area (Å²) in [5.41, 5.74) is 3.48. The van der Waals surface area contributed by atoms with Gasteiger partial charge in [0.05, 0.1) is 6.20 Å². The third-order valence-electron chi connectivity index (χ3n) is 1.82. The van der Waals surface area contributed by atoms with Crippen LogP contribution in [0.15, 0.2) is 18.5 Å². The van der Waals surface area contributed by atoms with Crippen LogP contribution in [-0.2, 0) is 7.05 Å². The summed E-state index contributed by atoms with van der Waals surface area (Å²) in [6.45, 7) is 0. The number of aryl methyl sites for hydroxylation is 1. The molecule has 1 unspecified atom stereocenters. The van der Waals surface area contributed by atoms with Gasteiger partial charge in [-0.25, -0.2) is 9.80 Å². The highest BCUT2D eigenvalue weighted by atomic mass is 32.1. The monoisotopic (exact) mass is 210 g/mol. The highest BCUT2D eigenvalue weighted by Gasteiger charge is 2.16. The van der Waals surface area contributed by atoms with Gasteiger partial charge >= 0.3 is 0 Å². The second kappa shape index (κ2) is 3.82. The summed E-state index contributed by atoms with van der Waals surface area (Å²) >= 11 is 1.39. The number of aromatic nitrogens is 4. The molecule has 0 aliphatic rings. The molecule has 74 valence electrons. The number of nitrogens with one attached hydrogen (secondary N) is 1. The largest absolute Gasteiger partial charge is 0.270 e. The molecule has 0 bridgehead atoms. The lowest BCUT2D eigenvalue weighted by Crippen LogP contribution is -2.28. The van der Waals surface area contributed by atoms with Crippen LogP contribution in [0.5, 0.6) is 0 Å². The van der Waals surface area contributed by atoms with Crippen LogP contribution in [0.3, 0.4) is 0 Å². The molecule has 0 spiro atoms. The molecule has 0 radical (unpaired) electrons. The van der Waals surface area contributed by atoms with Crippen molar-refractivity contribution < 1.29 is 0 Å². The molecule has 3 N–H and O–H groups in total. The number of hydrogen-bond donors (Lipinski definition) is 2. The average Bonchev–Trinajstić information content (AvgIpc) is 2.79. The standard InChI is InChI=1S/C7H10N6S/c1-13-9-4-5(12-13)7(11-8)6-2-3-10-14-6/h2-4,7,11H,8H2,1H3. The Morgan fingerprint density at radius 2 is 2.50 bits per heavy atom. The lowest BCUT2D eigenvalue weighted by Gasteiger charge is -2.09. The molecule has 14 heavy (non-hydrogen) atoms. The highest BCUT2D eigenvalue weighted by molar-refractivity contribution is 7.05. The molecular formula is C7H10N6S. The summed E-state index contributed by atoms with van der Waals surface area (Å²) in [5, 5.41) is 8.17. The average molecular weight is 210 g/mol. The molecule has 0 aromatic carbocycles. The van der Waals surface area contributed by atoms with Gasteiger partial charge in [-0.15, -0.1) is 0 Å². The second-order valence-electron chi connectivity index (χ2n) is 2.77. The molecule has 7 heteroatoms. The van der Waals surface area contributed by atoms with Gasteiger partial charge in [-0.3, -0.25) is 5.84 Å². The van der Waals surface area contributed by atoms with E-state index in [1.165, 1.54) is 16.3 Å². The van der Waals surface area contributed by atoms with Crippen LogP contribution in [0, 0.1) is 0 Å². The molecule has 0 saturated carbocycles. The van der Waals surface area contributed by atoms with Gasteiger partial charge < -0.3 is 0 Å². The lowest BCUT2D eigenvalue weighted by molar-refractivity contribution is 0.595. The Hall–Kier alpha value is -1.31. The zero-order valence-corrected chi connectivity index (χ0v) is 8.40. The van der Waals surface area contributed by atoms with Crippen molar-refractivity contribution in [3.8, 4) is 0 Å². The van der Waals surface area contributed by atoms with Gasteiger partial charge in [-0.1, -0.05) is 0 Å². The molecule has 2 rings (SSSR count). The molecule has 0 fully saturated rings. The Labute approximate surface area is 84.9 Å². The summed E-state index contributed by atoms with van der Waals surface area (Å²) in [6.07, 6.45) is 3.42. The van der Waals surface area contributed by atoms with E-state index >= 15 is 0 Å². The van der Waals surface area contributed by atoms with E-state index in [9.17, 15) is 0 Å². The molecule has 2 aromatic rings. The van der Waals surface area contributed by atoms with E-state index in [1.54, 1.807) is 19.4 Å². The molecule has 0 aliphatic carbocycles. The van der Waals surface area contributed by atoms with Crippen molar-refractivity contribution in [3.63, 3.8) is 0 Å². The number of rotatable bonds is 3. The highest BCUT2D eigenvalue weighted by Crippen LogP contribution is 2.21. The van der Waals surface area contributed by atoms with Crippen LogP contribution in [0.1, 0.15) is 16.6 Å². The molecular weight excluding hydrogens is 200 g/mol. The molecule has 0 aliphatic heterocycles. The topological polar surface area (TPSA) is 81.7 Å². The first-order chi connectivity index (χ1) is 6.81. The minimum absolute atomic E-state index is 0.129. The Bertz CT molecular complexity index is 394. The van der Waals surface area contributed by atoms with E-state index in [1.807, 2.05) is 6.07 Å². The van der Waals surface area contributed by atoms with Crippen LogP contribution in [-0.4, -0.2) is 19.4 Å². The van der Waals surface area contributed by atoms with Gasteiger partial charge in [0.25, 0.3) is 0 Å². The lowest BCUT2D eigenvalue weighted by atomic mass is 10.2. The fourth-order valence-corrected chi connectivity index (χ4v) is 1.84. The maximum absolute atomic E-state index is 5.46. The number of hydrazine groups is 1. The number of hydrogen-bond acceptors (Lipinski definition) is 6. The molecule has 1 atom stereocenters. The zero-order chi connectivity index (χ0) is 9.97. The van der Waals surface area contributed by atoms with Crippen LogP contribution in [0.25, 0.3) is 0 Å². The zero-order valence-electron chi connectivity index (χ0n) is 7.58. The maximum atomic E-state index is 5.46. The molecule has 2 heterocycles. The summed E-state index contributed by atoms with van der Waals surface area (Å²) in [7, 11) is 1.77. The van der Waals surface area contributed by atoms with Crippen molar-refractivity contribution in [2.45, 2.75) is 6.04 Å². The normalized spacial score (nSPS) is 13.0. The van der Waals surface area contributed by atoms with Crippen molar-refractivity contribution >= 4 is 11.5 Å². The molecule has 2 aromatic heterocycles. The minimum Gasteiger partial charge on any atom is -0.270 e. The van der Waals surface area contributed by atoms with Crippen molar-refractivity contribution in [2.75, 3.05) is 0 Å². The van der Waals surface area contributed by atoms with Gasteiger partial charge in [0.15, 0.2) is 0 Å². The SMILES string of the molecule is Cn1ncc(C(NN)c2ccns2)n1. The summed E-state index contributed by atoms with van der Waals surface area (Å²) in [6, 6.07) is 1.78. The second-order valence-corrected chi connectivity index (χ2v) is 3.64. The number of nitrogens with two attached hydrogens (primary N) is 1. The Morgan fingerprint density at radius 1 is 1.64 bits per heavy atom. The van der Waals surface area contributed by atoms with E-state index in [0.29, 0.717) is 0 Å². The smallest absolute Gasteiger partial charge is 0.106 e. The number of nitrogens with zero attached hydrogens (tertiary/aromatic N) is 4. The predicted octanol–water partition coefficient (Wildman–Crippen LogP) is -0.176. The van der Waals surface area contributed by atoms with Crippen molar-refractivity contribution in [2.24, 2.45) is 12.9 Å². The van der Waals surface area contributed by atoms with Gasteiger partial charge in [-0.05, 0) is 17.6 Å². The van der Waals surface area contributed by atoms with Crippen LogP contribution in [0.4, 0.5) is 0 Å². The van der Waals surface area contributed by atoms with Crippen molar-refractivity contribution in [3.05, 3.63) is 29.0 Å². The maximum Gasteiger partial charge on any atom is 0.106 e. The van der Waals surface area contributed by atoms with Crippen LogP contribution in [0.2, 0.25) is 0 Å². The fourth-order valence-electron chi connectivity index (χ4n) is 1.18. The third-order valence-corrected chi connectivity index (χ3v) is 2.63. The third kappa shape index (κ3) is 1.65. The van der Waals surface area contributed by atoms with E-state index in [0.717, 1.165) is 10.6 Å². The quantitative estimate of drug-likeness (QED) is 0.542. The Kier molecular flexibility index (Phi) is 2.53. The molecule has 6 nitrogen and oxygen atoms in total. The van der Waals surface area contributed by atoms with E-state index < -0.39 is 0 Å².